The number of alkyl halides is 3. The van der Waals surface area contributed by atoms with E-state index in [0.717, 1.165) is 0 Å². The number of aromatic hydroxyl groups is 1. The van der Waals surface area contributed by atoms with Gasteiger partial charge < -0.3 is 15.5 Å². The first-order valence-electron chi connectivity index (χ1n) is 5.04. The second-order valence-electron chi connectivity index (χ2n) is 3.79. The fourth-order valence-corrected chi connectivity index (χ4v) is 1.23. The summed E-state index contributed by atoms with van der Waals surface area (Å²) >= 11 is 0. The Morgan fingerprint density at radius 3 is 2.56 bits per heavy atom. The number of rotatable bonds is 3. The number of benzene rings is 1. The van der Waals surface area contributed by atoms with E-state index in [1.165, 1.54) is 18.2 Å². The monoisotopic (exact) mass is 263 g/mol. The van der Waals surface area contributed by atoms with Gasteiger partial charge in [0.25, 0.3) is 5.91 Å². The Hall–Kier alpha value is -1.76. The van der Waals surface area contributed by atoms with Gasteiger partial charge >= 0.3 is 6.18 Å². The van der Waals surface area contributed by atoms with Crippen molar-refractivity contribution in [3.8, 4) is 5.75 Å². The van der Waals surface area contributed by atoms with Crippen molar-refractivity contribution in [3.05, 3.63) is 29.3 Å². The zero-order valence-electron chi connectivity index (χ0n) is 9.45. The average molecular weight is 263 g/mol. The van der Waals surface area contributed by atoms with E-state index in [-0.39, 0.29) is 11.3 Å². The van der Waals surface area contributed by atoms with E-state index in [1.807, 2.05) is 5.32 Å². The number of phenolic OH excluding ortho intramolecular Hbond substituents is 1. The van der Waals surface area contributed by atoms with Gasteiger partial charge in [-0.25, -0.2) is 0 Å². The standard InChI is InChI=1S/C11H12F3NO3/c1-6-2-3-7(8(16)4-6)10(18)15-5-9(17)11(12,13)14/h2-4,9,16-17H,5H2,1H3,(H,15,18). The third kappa shape index (κ3) is 3.63. The lowest BCUT2D eigenvalue weighted by atomic mass is 10.1. The highest BCUT2D eigenvalue weighted by molar-refractivity contribution is 5.96. The topological polar surface area (TPSA) is 69.6 Å². The molecule has 18 heavy (non-hydrogen) atoms. The van der Waals surface area contributed by atoms with Gasteiger partial charge in [-0.2, -0.15) is 13.2 Å². The predicted octanol–water partition coefficient (Wildman–Crippen LogP) is 1.35. The number of aliphatic hydroxyl groups excluding tert-OH is 1. The number of halogens is 3. The van der Waals surface area contributed by atoms with E-state index in [2.05, 4.69) is 0 Å². The summed E-state index contributed by atoms with van der Waals surface area (Å²) in [6.07, 6.45) is -7.42. The second kappa shape index (κ2) is 5.26. The van der Waals surface area contributed by atoms with Crippen LogP contribution in [0.5, 0.6) is 5.75 Å². The van der Waals surface area contributed by atoms with Crippen molar-refractivity contribution in [2.45, 2.75) is 19.2 Å². The van der Waals surface area contributed by atoms with Crippen molar-refractivity contribution in [2.75, 3.05) is 6.54 Å². The molecule has 0 radical (unpaired) electrons. The molecule has 0 spiro atoms. The molecule has 0 bridgehead atoms. The number of amides is 1. The molecule has 4 nitrogen and oxygen atoms in total. The van der Waals surface area contributed by atoms with Gasteiger partial charge in [0.05, 0.1) is 12.1 Å². The SMILES string of the molecule is Cc1ccc(C(=O)NCC(O)C(F)(F)F)c(O)c1. The molecular weight excluding hydrogens is 251 g/mol. The minimum Gasteiger partial charge on any atom is -0.507 e. The van der Waals surface area contributed by atoms with Gasteiger partial charge in [-0.3, -0.25) is 4.79 Å². The first kappa shape index (κ1) is 14.3. The van der Waals surface area contributed by atoms with Crippen LogP contribution in [0.3, 0.4) is 0 Å². The third-order valence-corrected chi connectivity index (χ3v) is 2.23. The average Bonchev–Trinajstić information content (AvgIpc) is 2.24. The van der Waals surface area contributed by atoms with Crippen LogP contribution in [0.1, 0.15) is 15.9 Å². The van der Waals surface area contributed by atoms with E-state index >= 15 is 0 Å². The van der Waals surface area contributed by atoms with Gasteiger partial charge in [0, 0.05) is 0 Å². The molecule has 0 heterocycles. The normalized spacial score (nSPS) is 13.2. The lowest BCUT2D eigenvalue weighted by molar-refractivity contribution is -0.201. The quantitative estimate of drug-likeness (QED) is 0.771. The van der Waals surface area contributed by atoms with Crippen molar-refractivity contribution in [1.29, 1.82) is 0 Å². The maximum absolute atomic E-state index is 12.0. The minimum absolute atomic E-state index is 0.144. The number of nitrogens with one attached hydrogen (secondary N) is 1. The molecule has 0 aliphatic heterocycles. The number of aryl methyl sites for hydroxylation is 1. The third-order valence-electron chi connectivity index (χ3n) is 2.23. The molecule has 1 amide bonds. The molecule has 0 saturated heterocycles. The van der Waals surface area contributed by atoms with Crippen molar-refractivity contribution in [3.63, 3.8) is 0 Å². The van der Waals surface area contributed by atoms with E-state index in [9.17, 15) is 23.1 Å². The van der Waals surface area contributed by atoms with Crippen LogP contribution in [0, 0.1) is 6.92 Å². The van der Waals surface area contributed by atoms with Crippen LogP contribution < -0.4 is 5.32 Å². The van der Waals surface area contributed by atoms with Gasteiger partial charge in [0.2, 0.25) is 0 Å². The number of carbonyl (C=O) groups is 1. The highest BCUT2D eigenvalue weighted by Gasteiger charge is 2.38. The van der Waals surface area contributed by atoms with Gasteiger partial charge in [0.1, 0.15) is 5.75 Å². The van der Waals surface area contributed by atoms with E-state index in [0.29, 0.717) is 5.56 Å². The van der Waals surface area contributed by atoms with E-state index in [4.69, 9.17) is 5.11 Å². The van der Waals surface area contributed by atoms with Crippen LogP contribution in [0.4, 0.5) is 13.2 Å². The summed E-state index contributed by atoms with van der Waals surface area (Å²) in [5.74, 6) is -1.20. The van der Waals surface area contributed by atoms with Crippen LogP contribution in [0.15, 0.2) is 18.2 Å². The van der Waals surface area contributed by atoms with Crippen molar-refractivity contribution in [1.82, 2.24) is 5.32 Å². The number of carbonyl (C=O) groups excluding carboxylic acids is 1. The Morgan fingerprint density at radius 1 is 1.44 bits per heavy atom. The number of phenols is 1. The lowest BCUT2D eigenvalue weighted by Crippen LogP contribution is -2.40. The van der Waals surface area contributed by atoms with Crippen LogP contribution in [-0.4, -0.2) is 34.9 Å². The maximum Gasteiger partial charge on any atom is 0.416 e. The van der Waals surface area contributed by atoms with Crippen LogP contribution in [-0.2, 0) is 0 Å². The predicted molar refractivity (Wildman–Crippen MR) is 57.2 cm³/mol. The minimum atomic E-state index is -4.79. The molecule has 0 fully saturated rings. The van der Waals surface area contributed by atoms with Gasteiger partial charge in [-0.1, -0.05) is 6.07 Å². The molecule has 0 saturated carbocycles. The Bertz CT molecular complexity index is 446. The van der Waals surface area contributed by atoms with Crippen molar-refractivity contribution < 1.29 is 28.2 Å². The van der Waals surface area contributed by atoms with Gasteiger partial charge in [0.15, 0.2) is 6.10 Å². The zero-order valence-corrected chi connectivity index (χ0v) is 9.45. The van der Waals surface area contributed by atoms with E-state index in [1.54, 1.807) is 6.92 Å². The zero-order chi connectivity index (χ0) is 13.9. The molecule has 1 rings (SSSR count). The molecular formula is C11H12F3NO3. The Balaban J connectivity index is 2.66. The summed E-state index contributed by atoms with van der Waals surface area (Å²) in [5.41, 5.74) is 0.564. The summed E-state index contributed by atoms with van der Waals surface area (Å²) in [4.78, 5) is 11.5. The van der Waals surface area contributed by atoms with Gasteiger partial charge in [-0.05, 0) is 24.6 Å². The molecule has 1 aromatic rings. The molecule has 1 aromatic carbocycles. The first-order valence-corrected chi connectivity index (χ1v) is 5.04. The first-order chi connectivity index (χ1) is 8.21. The smallest absolute Gasteiger partial charge is 0.416 e. The molecule has 1 atom stereocenters. The van der Waals surface area contributed by atoms with Gasteiger partial charge in [-0.15, -0.1) is 0 Å². The summed E-state index contributed by atoms with van der Waals surface area (Å²) in [5, 5.41) is 20.0. The van der Waals surface area contributed by atoms with Crippen LogP contribution in [0.2, 0.25) is 0 Å². The van der Waals surface area contributed by atoms with E-state index < -0.39 is 24.7 Å². The Labute approximate surface area is 101 Å². The highest BCUT2D eigenvalue weighted by atomic mass is 19.4. The summed E-state index contributed by atoms with van der Waals surface area (Å²) in [6.45, 7) is 0.727. The maximum atomic E-state index is 12.0. The molecule has 7 heteroatoms. The van der Waals surface area contributed by atoms with Crippen LogP contribution in [0.25, 0.3) is 0 Å². The number of hydrogen-bond donors (Lipinski definition) is 3. The largest absolute Gasteiger partial charge is 0.507 e. The molecule has 3 N–H and O–H groups in total. The number of hydrogen-bond acceptors (Lipinski definition) is 3. The molecule has 100 valence electrons. The summed E-state index contributed by atoms with van der Waals surface area (Å²) in [7, 11) is 0. The fraction of sp³-hybridized carbons (Fsp3) is 0.364. The van der Waals surface area contributed by atoms with Crippen molar-refractivity contribution in [2.24, 2.45) is 0 Å². The molecule has 0 aromatic heterocycles. The lowest BCUT2D eigenvalue weighted by Gasteiger charge is -2.15. The summed E-state index contributed by atoms with van der Waals surface area (Å²) in [6, 6.07) is 4.14. The Kier molecular flexibility index (Phi) is 4.18. The Morgan fingerprint density at radius 2 is 2.06 bits per heavy atom. The van der Waals surface area contributed by atoms with Crippen molar-refractivity contribution >= 4 is 5.91 Å². The highest BCUT2D eigenvalue weighted by Crippen LogP contribution is 2.20. The second-order valence-corrected chi connectivity index (χ2v) is 3.79. The molecule has 0 aliphatic carbocycles. The van der Waals surface area contributed by atoms with Crippen LogP contribution >= 0.6 is 0 Å². The molecule has 1 unspecified atom stereocenters. The number of aliphatic hydroxyl groups is 1. The fourth-order valence-electron chi connectivity index (χ4n) is 1.23. The summed E-state index contributed by atoms with van der Waals surface area (Å²) < 4.78 is 36.0. The molecule has 0 aliphatic rings.